The summed E-state index contributed by atoms with van der Waals surface area (Å²) in [6.45, 7) is 6.53. The van der Waals surface area contributed by atoms with Crippen LogP contribution in [0.1, 0.15) is 155 Å². The molecule has 0 rings (SSSR count). The third-order valence-corrected chi connectivity index (χ3v) is 8.75. The number of hydrogen-bond acceptors (Lipinski definition) is 3. The Bertz CT molecular complexity index is 294. The van der Waals surface area contributed by atoms with Crippen LogP contribution in [0.15, 0.2) is 0 Å². The fourth-order valence-electron chi connectivity index (χ4n) is 4.22. The van der Waals surface area contributed by atoms with E-state index in [-0.39, 0.29) is 0 Å². The quantitative estimate of drug-likeness (QED) is 0.0903. The predicted molar refractivity (Wildman–Crippen MR) is 158 cm³/mol. The first-order valence-corrected chi connectivity index (χ1v) is 17.5. The lowest BCUT2D eigenvalue weighted by Crippen LogP contribution is -2.00. The Morgan fingerprint density at radius 2 is 0.606 bits per heavy atom. The molecule has 0 saturated heterocycles. The summed E-state index contributed by atoms with van der Waals surface area (Å²) in [6.07, 6.45) is 31.3. The Morgan fingerprint density at radius 3 is 0.939 bits per heavy atom. The maximum Gasteiger partial charge on any atom is 0.0473 e. The second kappa shape index (κ2) is 32.7. The Balaban J connectivity index is 2.99. The molecule has 0 aromatic rings. The number of rotatable bonds is 30. The van der Waals surface area contributed by atoms with Gasteiger partial charge in [-0.25, -0.2) is 0 Å². The van der Waals surface area contributed by atoms with E-state index in [9.17, 15) is 0 Å². The zero-order valence-electron chi connectivity index (χ0n) is 23.0. The van der Waals surface area contributed by atoms with Gasteiger partial charge >= 0.3 is 0 Å². The van der Waals surface area contributed by atoms with Gasteiger partial charge in [0, 0.05) is 13.2 Å². The summed E-state index contributed by atoms with van der Waals surface area (Å²) in [7, 11) is 0. The summed E-state index contributed by atoms with van der Waals surface area (Å²) >= 11 is 4.27. The molecule has 0 saturated carbocycles. The lowest BCUT2D eigenvalue weighted by atomic mass is 10.1. The van der Waals surface area contributed by atoms with E-state index in [2.05, 4.69) is 37.4 Å². The van der Waals surface area contributed by atoms with Crippen molar-refractivity contribution < 1.29 is 4.74 Å². The lowest BCUT2D eigenvalue weighted by Gasteiger charge is -2.05. The monoisotopic (exact) mass is 502 g/mol. The summed E-state index contributed by atoms with van der Waals surface area (Å²) in [5.74, 6) is 5.27. The normalized spacial score (nSPS) is 11.5. The molecule has 0 spiro atoms. The van der Waals surface area contributed by atoms with E-state index in [1.807, 2.05) is 0 Å². The maximum absolute atomic E-state index is 5.82. The van der Waals surface area contributed by atoms with Crippen LogP contribution in [0, 0.1) is 0 Å². The van der Waals surface area contributed by atoms with Crippen molar-refractivity contribution in [3.63, 3.8) is 0 Å². The van der Waals surface area contributed by atoms with Gasteiger partial charge in [0.1, 0.15) is 0 Å². The van der Waals surface area contributed by atoms with Crippen molar-refractivity contribution >= 4 is 23.5 Å². The molecule has 0 unspecified atom stereocenters. The van der Waals surface area contributed by atoms with Crippen LogP contribution in [0.2, 0.25) is 0 Å². The minimum atomic E-state index is 0.966. The van der Waals surface area contributed by atoms with Crippen LogP contribution < -0.4 is 0 Å². The van der Waals surface area contributed by atoms with E-state index >= 15 is 0 Å². The van der Waals surface area contributed by atoms with Crippen molar-refractivity contribution in [1.82, 2.24) is 0 Å². The number of hydrogen-bond donors (Lipinski definition) is 0. The van der Waals surface area contributed by atoms with Gasteiger partial charge in [0.2, 0.25) is 0 Å². The van der Waals surface area contributed by atoms with Crippen LogP contribution in [0.5, 0.6) is 0 Å². The number of unbranched alkanes of at least 4 members (excludes halogenated alkanes) is 18. The highest BCUT2D eigenvalue weighted by Gasteiger charge is 1.96. The average molecular weight is 503 g/mol. The largest absolute Gasteiger partial charge is 0.381 e. The molecule has 0 aliphatic carbocycles. The van der Waals surface area contributed by atoms with Gasteiger partial charge in [-0.15, -0.1) is 0 Å². The van der Waals surface area contributed by atoms with Gasteiger partial charge in [-0.3, -0.25) is 0 Å². The average Bonchev–Trinajstić information content (AvgIpc) is 2.83. The van der Waals surface area contributed by atoms with Gasteiger partial charge < -0.3 is 4.74 Å². The van der Waals surface area contributed by atoms with Crippen LogP contribution in [0.3, 0.4) is 0 Å². The van der Waals surface area contributed by atoms with E-state index in [0.29, 0.717) is 0 Å². The van der Waals surface area contributed by atoms with Gasteiger partial charge in [0.05, 0.1) is 0 Å². The zero-order valence-corrected chi connectivity index (χ0v) is 24.7. The second-order valence-corrected chi connectivity index (χ2v) is 12.4. The van der Waals surface area contributed by atoms with E-state index in [4.69, 9.17) is 4.74 Å². The van der Waals surface area contributed by atoms with Crippen LogP contribution >= 0.6 is 23.5 Å². The summed E-state index contributed by atoms with van der Waals surface area (Å²) < 4.78 is 5.82. The molecule has 0 amide bonds. The van der Waals surface area contributed by atoms with Crippen LogP contribution in [-0.4, -0.2) is 36.2 Å². The number of ether oxygens (including phenoxy) is 1. The van der Waals surface area contributed by atoms with Crippen molar-refractivity contribution in [3.8, 4) is 0 Å². The Morgan fingerprint density at radius 1 is 0.333 bits per heavy atom. The molecule has 0 aromatic carbocycles. The minimum Gasteiger partial charge on any atom is -0.381 e. The van der Waals surface area contributed by atoms with E-state index in [1.54, 1.807) is 0 Å². The highest BCUT2D eigenvalue weighted by atomic mass is 32.2. The van der Waals surface area contributed by atoms with Crippen molar-refractivity contribution in [2.24, 2.45) is 0 Å². The van der Waals surface area contributed by atoms with Crippen LogP contribution in [0.4, 0.5) is 0 Å². The zero-order chi connectivity index (χ0) is 23.9. The molecule has 200 valence electrons. The number of thioether (sulfide) groups is 2. The van der Waals surface area contributed by atoms with Gasteiger partial charge in [0.15, 0.2) is 0 Å². The molecule has 1 nitrogen and oxygen atoms in total. The third-order valence-electron chi connectivity index (χ3n) is 6.44. The Hall–Kier alpha value is 0.660. The van der Waals surface area contributed by atoms with Crippen molar-refractivity contribution in [2.45, 2.75) is 155 Å². The van der Waals surface area contributed by atoms with Gasteiger partial charge in [-0.2, -0.15) is 23.5 Å². The molecule has 0 heterocycles. The van der Waals surface area contributed by atoms with E-state index in [1.165, 1.54) is 164 Å². The minimum absolute atomic E-state index is 0.966. The van der Waals surface area contributed by atoms with Crippen molar-refractivity contribution in [3.05, 3.63) is 0 Å². The van der Waals surface area contributed by atoms with E-state index < -0.39 is 0 Å². The lowest BCUT2D eigenvalue weighted by molar-refractivity contribution is 0.137. The molecular weight excluding hydrogens is 440 g/mol. The standard InChI is InChI=1S/C30H62OS2/c1-3-5-7-9-11-13-15-17-19-21-27-32-29-23-25-31-26-24-30-33-28-22-20-18-16-14-12-10-8-6-4-2/h3-30H2,1-2H3. The first-order chi connectivity index (χ1) is 16.4. The topological polar surface area (TPSA) is 9.23 Å². The summed E-state index contributed by atoms with van der Waals surface area (Å²) in [5, 5.41) is 0. The molecule has 3 heteroatoms. The molecular formula is C30H62OS2. The van der Waals surface area contributed by atoms with Crippen molar-refractivity contribution in [2.75, 3.05) is 36.2 Å². The van der Waals surface area contributed by atoms with Crippen LogP contribution in [0.25, 0.3) is 0 Å². The van der Waals surface area contributed by atoms with E-state index in [0.717, 1.165) is 13.2 Å². The fraction of sp³-hybridized carbons (Fsp3) is 1.00. The van der Waals surface area contributed by atoms with Gasteiger partial charge in [-0.1, -0.05) is 129 Å². The van der Waals surface area contributed by atoms with Gasteiger partial charge in [0.25, 0.3) is 0 Å². The smallest absolute Gasteiger partial charge is 0.0473 e. The highest BCUT2D eigenvalue weighted by Crippen LogP contribution is 2.14. The fourth-order valence-corrected chi connectivity index (χ4v) is 6.08. The SMILES string of the molecule is CCCCCCCCCCCCSCCCOCCCSCCCCCCCCCCCC. The third kappa shape index (κ3) is 32.7. The summed E-state index contributed by atoms with van der Waals surface area (Å²) in [5.41, 5.74) is 0. The van der Waals surface area contributed by atoms with Gasteiger partial charge in [-0.05, 0) is 48.7 Å². The Kier molecular flexibility index (Phi) is 33.3. The molecule has 0 aliphatic rings. The second-order valence-electron chi connectivity index (χ2n) is 9.91. The molecule has 0 aliphatic heterocycles. The molecule has 33 heavy (non-hydrogen) atoms. The highest BCUT2D eigenvalue weighted by molar-refractivity contribution is 7.99. The molecule has 0 N–H and O–H groups in total. The molecule has 0 atom stereocenters. The van der Waals surface area contributed by atoms with Crippen molar-refractivity contribution in [1.29, 1.82) is 0 Å². The molecule has 0 fully saturated rings. The Labute approximate surface area is 219 Å². The molecule has 0 aromatic heterocycles. The summed E-state index contributed by atoms with van der Waals surface area (Å²) in [4.78, 5) is 0. The first-order valence-electron chi connectivity index (χ1n) is 15.1. The molecule has 0 radical (unpaired) electrons. The molecule has 0 bridgehead atoms. The predicted octanol–water partition coefficient (Wildman–Crippen LogP) is 11.1. The van der Waals surface area contributed by atoms with Crippen LogP contribution in [-0.2, 0) is 4.74 Å². The maximum atomic E-state index is 5.82. The first kappa shape index (κ1) is 33.7. The summed E-state index contributed by atoms with van der Waals surface area (Å²) in [6, 6.07) is 0.